The van der Waals surface area contributed by atoms with Crippen molar-refractivity contribution < 1.29 is 8.85 Å². The molecule has 0 heterocycles. The van der Waals surface area contributed by atoms with Crippen molar-refractivity contribution in [2.75, 3.05) is 6.61 Å². The van der Waals surface area contributed by atoms with E-state index in [9.17, 15) is 0 Å². The third-order valence-electron chi connectivity index (χ3n) is 2.46. The molecule has 0 aliphatic rings. The number of hydrogen-bond acceptors (Lipinski definition) is 2. The first-order valence-corrected chi connectivity index (χ1v) is 8.59. The molecule has 90 valence electrons. The van der Waals surface area contributed by atoms with Gasteiger partial charge in [-0.25, -0.2) is 0 Å². The van der Waals surface area contributed by atoms with Gasteiger partial charge in [0.25, 0.3) is 0 Å². The molecule has 0 radical (unpaired) electrons. The molecule has 0 aliphatic carbocycles. The van der Waals surface area contributed by atoms with Crippen LogP contribution in [0.15, 0.2) is 30.3 Å². The average Bonchev–Trinajstić information content (AvgIpc) is 2.17. The van der Waals surface area contributed by atoms with Gasteiger partial charge >= 0.3 is 8.56 Å². The van der Waals surface area contributed by atoms with E-state index in [0.717, 1.165) is 0 Å². The molecular weight excluding hydrogens is 216 g/mol. The first-order valence-electron chi connectivity index (χ1n) is 5.77. The summed E-state index contributed by atoms with van der Waals surface area (Å²) in [4.78, 5) is 0. The van der Waals surface area contributed by atoms with Crippen molar-refractivity contribution in [1.29, 1.82) is 0 Å². The van der Waals surface area contributed by atoms with Crippen molar-refractivity contribution in [2.24, 2.45) is 0 Å². The van der Waals surface area contributed by atoms with Gasteiger partial charge in [0.2, 0.25) is 0 Å². The van der Waals surface area contributed by atoms with E-state index in [1.54, 1.807) is 0 Å². The maximum Gasteiger partial charge on any atom is 0.332 e. The molecule has 0 aromatic heterocycles. The number of hydrogen-bond donors (Lipinski definition) is 0. The molecule has 0 spiro atoms. The van der Waals surface area contributed by atoms with E-state index in [-0.39, 0.29) is 5.60 Å². The largest absolute Gasteiger partial charge is 0.395 e. The van der Waals surface area contributed by atoms with Gasteiger partial charge in [-0.1, -0.05) is 30.3 Å². The van der Waals surface area contributed by atoms with Gasteiger partial charge in [0.15, 0.2) is 0 Å². The molecule has 0 aliphatic heterocycles. The molecule has 0 amide bonds. The Labute approximate surface area is 99.8 Å². The molecule has 0 saturated carbocycles. The van der Waals surface area contributed by atoms with Crippen LogP contribution in [0.2, 0.25) is 13.1 Å². The monoisotopic (exact) mass is 238 g/mol. The Morgan fingerprint density at radius 2 is 1.69 bits per heavy atom. The lowest BCUT2D eigenvalue weighted by Crippen LogP contribution is -2.42. The van der Waals surface area contributed by atoms with Crippen molar-refractivity contribution in [3.05, 3.63) is 35.9 Å². The average molecular weight is 238 g/mol. The highest BCUT2D eigenvalue weighted by atomic mass is 28.4. The van der Waals surface area contributed by atoms with Crippen LogP contribution in [0.1, 0.15) is 26.3 Å². The third kappa shape index (κ3) is 3.74. The summed E-state index contributed by atoms with van der Waals surface area (Å²) in [6, 6.07) is 10.3. The molecule has 16 heavy (non-hydrogen) atoms. The minimum atomic E-state index is -2.02. The Bertz CT molecular complexity index is 320. The highest BCUT2D eigenvalue weighted by Gasteiger charge is 2.33. The molecule has 0 bridgehead atoms. The molecule has 3 heteroatoms. The highest BCUT2D eigenvalue weighted by Crippen LogP contribution is 2.28. The van der Waals surface area contributed by atoms with Crippen molar-refractivity contribution in [3.63, 3.8) is 0 Å². The Kier molecular flexibility index (Phi) is 4.30. The second-order valence-corrected chi connectivity index (χ2v) is 8.10. The Hall–Kier alpha value is -0.643. The van der Waals surface area contributed by atoms with E-state index in [2.05, 4.69) is 39.1 Å². The Morgan fingerprint density at radius 1 is 1.12 bits per heavy atom. The van der Waals surface area contributed by atoms with Gasteiger partial charge in [-0.3, -0.25) is 0 Å². The zero-order valence-corrected chi connectivity index (χ0v) is 11.9. The molecule has 0 unspecified atom stereocenters. The minimum Gasteiger partial charge on any atom is -0.395 e. The lowest BCUT2D eigenvalue weighted by molar-refractivity contribution is 0.0541. The van der Waals surface area contributed by atoms with E-state index in [0.29, 0.717) is 6.61 Å². The maximum atomic E-state index is 6.17. The number of benzene rings is 1. The van der Waals surface area contributed by atoms with Crippen LogP contribution < -0.4 is 0 Å². The van der Waals surface area contributed by atoms with Crippen LogP contribution in [0.3, 0.4) is 0 Å². The summed E-state index contributed by atoms with van der Waals surface area (Å²) in [6.45, 7) is 11.1. The summed E-state index contributed by atoms with van der Waals surface area (Å²) >= 11 is 0. The predicted molar refractivity (Wildman–Crippen MR) is 69.7 cm³/mol. The quantitative estimate of drug-likeness (QED) is 0.729. The van der Waals surface area contributed by atoms with E-state index >= 15 is 0 Å². The summed E-state index contributed by atoms with van der Waals surface area (Å²) in [7, 11) is -2.02. The van der Waals surface area contributed by atoms with Crippen LogP contribution in [0.4, 0.5) is 0 Å². The minimum absolute atomic E-state index is 0.286. The topological polar surface area (TPSA) is 18.5 Å². The van der Waals surface area contributed by atoms with Crippen molar-refractivity contribution in [3.8, 4) is 0 Å². The van der Waals surface area contributed by atoms with Gasteiger partial charge in [0.05, 0.1) is 5.60 Å². The molecule has 0 atom stereocenters. The van der Waals surface area contributed by atoms with Gasteiger partial charge in [-0.15, -0.1) is 0 Å². The fourth-order valence-corrected chi connectivity index (χ4v) is 3.99. The summed E-state index contributed by atoms with van der Waals surface area (Å²) in [5.74, 6) is 0. The first-order chi connectivity index (χ1) is 7.37. The van der Waals surface area contributed by atoms with Crippen molar-refractivity contribution in [1.82, 2.24) is 0 Å². The zero-order valence-electron chi connectivity index (χ0n) is 10.9. The van der Waals surface area contributed by atoms with Crippen LogP contribution in [-0.4, -0.2) is 15.2 Å². The normalized spacial score (nSPS) is 12.8. The lowest BCUT2D eigenvalue weighted by Gasteiger charge is -2.34. The molecule has 0 N–H and O–H groups in total. The van der Waals surface area contributed by atoms with Gasteiger partial charge in [0.1, 0.15) is 0 Å². The van der Waals surface area contributed by atoms with Gasteiger partial charge in [-0.2, -0.15) is 0 Å². The summed E-state index contributed by atoms with van der Waals surface area (Å²) in [5, 5.41) is 0. The fraction of sp³-hybridized carbons (Fsp3) is 0.538. The van der Waals surface area contributed by atoms with Gasteiger partial charge in [0, 0.05) is 6.61 Å². The first kappa shape index (κ1) is 13.4. The van der Waals surface area contributed by atoms with Crippen molar-refractivity contribution in [2.45, 2.75) is 39.5 Å². The van der Waals surface area contributed by atoms with Crippen LogP contribution in [0, 0.1) is 0 Å². The summed E-state index contributed by atoms with van der Waals surface area (Å²) in [5.41, 5.74) is 0.905. The van der Waals surface area contributed by atoms with Crippen LogP contribution in [-0.2, 0) is 14.5 Å². The Morgan fingerprint density at radius 3 is 2.19 bits per heavy atom. The van der Waals surface area contributed by atoms with E-state index in [1.165, 1.54) is 5.56 Å². The second-order valence-electron chi connectivity index (χ2n) is 4.81. The van der Waals surface area contributed by atoms with Crippen LogP contribution in [0.5, 0.6) is 0 Å². The third-order valence-corrected chi connectivity index (χ3v) is 4.45. The standard InChI is InChI=1S/C13H22O2Si/c1-6-14-16(4,5)15-13(2,3)12-10-8-7-9-11-12/h7-11H,6H2,1-5H3. The Balaban J connectivity index is 2.79. The molecule has 2 nitrogen and oxygen atoms in total. The maximum absolute atomic E-state index is 6.17. The highest BCUT2D eigenvalue weighted by molar-refractivity contribution is 6.64. The predicted octanol–water partition coefficient (Wildman–Crippen LogP) is 3.68. The smallest absolute Gasteiger partial charge is 0.332 e. The van der Waals surface area contributed by atoms with Gasteiger partial charge in [-0.05, 0) is 39.4 Å². The summed E-state index contributed by atoms with van der Waals surface area (Å²) in [6.07, 6.45) is 0. The van der Waals surface area contributed by atoms with E-state index < -0.39 is 8.56 Å². The van der Waals surface area contributed by atoms with Crippen LogP contribution >= 0.6 is 0 Å². The molecule has 1 aromatic carbocycles. The molecule has 0 fully saturated rings. The second kappa shape index (κ2) is 5.12. The molecule has 1 aromatic rings. The summed E-state index contributed by atoms with van der Waals surface area (Å²) < 4.78 is 11.9. The number of rotatable bonds is 5. The lowest BCUT2D eigenvalue weighted by atomic mass is 9.99. The zero-order chi connectivity index (χ0) is 12.2. The molecule has 0 saturated heterocycles. The SMILES string of the molecule is CCO[Si](C)(C)OC(C)(C)c1ccccc1. The van der Waals surface area contributed by atoms with Crippen LogP contribution in [0.25, 0.3) is 0 Å². The van der Waals surface area contributed by atoms with E-state index in [4.69, 9.17) is 8.85 Å². The fourth-order valence-electron chi connectivity index (χ4n) is 1.89. The van der Waals surface area contributed by atoms with Gasteiger partial charge < -0.3 is 8.85 Å². The van der Waals surface area contributed by atoms with Crippen molar-refractivity contribution >= 4 is 8.56 Å². The molecule has 1 rings (SSSR count). The van der Waals surface area contributed by atoms with E-state index in [1.807, 2.05) is 25.1 Å². The molecular formula is C13H22O2Si.